The smallest absolute Gasteiger partial charge is 0.303 e. The predicted molar refractivity (Wildman–Crippen MR) is 95.5 cm³/mol. The molecule has 0 radical (unpaired) electrons. The third-order valence-corrected chi connectivity index (χ3v) is 3.94. The monoisotopic (exact) mass is 329 g/mol. The number of carbonyl (C=O) groups excluding carboxylic acids is 1. The molecule has 1 aromatic carbocycles. The Morgan fingerprint density at radius 1 is 1.17 bits per heavy atom. The van der Waals surface area contributed by atoms with Crippen molar-refractivity contribution in [2.24, 2.45) is 0 Å². The summed E-state index contributed by atoms with van der Waals surface area (Å²) < 4.78 is 0. The van der Waals surface area contributed by atoms with Crippen LogP contribution in [-0.4, -0.2) is 35.1 Å². The Morgan fingerprint density at radius 2 is 1.88 bits per heavy atom. The van der Waals surface area contributed by atoms with Crippen LogP contribution in [0.5, 0.6) is 0 Å². The van der Waals surface area contributed by atoms with Crippen molar-refractivity contribution in [2.45, 2.75) is 33.6 Å². The van der Waals surface area contributed by atoms with Gasteiger partial charge in [0.1, 0.15) is 5.82 Å². The number of aryl methyl sites for hydroxylation is 1. The third kappa shape index (κ3) is 4.22. The lowest BCUT2D eigenvalue weighted by Gasteiger charge is -2.21. The van der Waals surface area contributed by atoms with Crippen molar-refractivity contribution in [1.29, 1.82) is 0 Å². The molecule has 6 nitrogen and oxygen atoms in total. The number of hydrogen-bond donors (Lipinski definition) is 2. The summed E-state index contributed by atoms with van der Waals surface area (Å²) in [7, 11) is 0. The summed E-state index contributed by atoms with van der Waals surface area (Å²) in [5, 5.41) is 12.3. The molecule has 0 bridgehead atoms. The average molecular weight is 329 g/mol. The Bertz CT molecular complexity index is 755. The number of aromatic nitrogens is 1. The second kappa shape index (κ2) is 7.77. The summed E-state index contributed by atoms with van der Waals surface area (Å²) in [6.07, 6.45) is -0.210. The number of nitrogens with one attached hydrogen (secondary N) is 1. The van der Waals surface area contributed by atoms with E-state index in [1.165, 1.54) is 0 Å². The van der Waals surface area contributed by atoms with E-state index in [-0.39, 0.29) is 18.7 Å². The van der Waals surface area contributed by atoms with E-state index in [4.69, 9.17) is 10.1 Å². The second-order valence-electron chi connectivity index (χ2n) is 5.64. The van der Waals surface area contributed by atoms with Crippen LogP contribution in [0.2, 0.25) is 0 Å². The molecule has 1 amide bonds. The zero-order chi connectivity index (χ0) is 17.7. The molecule has 0 aliphatic carbocycles. The Hall–Kier alpha value is -2.63. The zero-order valence-electron chi connectivity index (χ0n) is 14.3. The normalized spacial score (nSPS) is 10.6. The van der Waals surface area contributed by atoms with Gasteiger partial charge in [-0.15, -0.1) is 0 Å². The molecule has 0 aliphatic heterocycles. The van der Waals surface area contributed by atoms with Gasteiger partial charge in [-0.2, -0.15) is 0 Å². The topological polar surface area (TPSA) is 82.5 Å². The first-order chi connectivity index (χ1) is 11.4. The number of benzene rings is 1. The number of fused-ring (bicyclic) bond motifs is 1. The average Bonchev–Trinajstić information content (AvgIpc) is 2.55. The minimum Gasteiger partial charge on any atom is -0.481 e. The third-order valence-electron chi connectivity index (χ3n) is 3.94. The van der Waals surface area contributed by atoms with Crippen molar-refractivity contribution in [1.82, 2.24) is 4.98 Å². The van der Waals surface area contributed by atoms with Gasteiger partial charge in [0.25, 0.3) is 0 Å². The van der Waals surface area contributed by atoms with Gasteiger partial charge in [0.2, 0.25) is 5.91 Å². The number of pyridine rings is 1. The largest absolute Gasteiger partial charge is 0.481 e. The number of hydrogen-bond acceptors (Lipinski definition) is 4. The van der Waals surface area contributed by atoms with Crippen molar-refractivity contribution in [3.63, 3.8) is 0 Å². The summed E-state index contributed by atoms with van der Waals surface area (Å²) in [4.78, 5) is 29.2. The summed E-state index contributed by atoms with van der Waals surface area (Å²) >= 11 is 0. The fraction of sp³-hybridized carbons (Fsp3) is 0.389. The van der Waals surface area contributed by atoms with Crippen molar-refractivity contribution in [2.75, 3.05) is 23.3 Å². The number of carboxylic acids is 1. The molecule has 24 heavy (non-hydrogen) atoms. The lowest BCUT2D eigenvalue weighted by Crippen LogP contribution is -2.23. The SMILES string of the molecule is CCN(CC)c1cc(C)c2cc(NC(=O)CCC(=O)O)ccc2n1. The molecular weight excluding hydrogens is 306 g/mol. The number of anilines is 2. The van der Waals surface area contributed by atoms with Crippen LogP contribution in [-0.2, 0) is 9.59 Å². The van der Waals surface area contributed by atoms with Gasteiger partial charge in [0.05, 0.1) is 11.9 Å². The van der Waals surface area contributed by atoms with E-state index in [0.717, 1.165) is 35.4 Å². The van der Waals surface area contributed by atoms with Crippen LogP contribution in [0, 0.1) is 6.92 Å². The maximum absolute atomic E-state index is 11.8. The molecular formula is C18H23N3O3. The van der Waals surface area contributed by atoms with Crippen LogP contribution in [0.4, 0.5) is 11.5 Å². The van der Waals surface area contributed by atoms with Crippen LogP contribution in [0.3, 0.4) is 0 Å². The fourth-order valence-electron chi connectivity index (χ4n) is 2.61. The van der Waals surface area contributed by atoms with E-state index >= 15 is 0 Å². The molecule has 2 rings (SSSR count). The molecule has 1 aromatic heterocycles. The molecule has 0 unspecified atom stereocenters. The van der Waals surface area contributed by atoms with E-state index < -0.39 is 5.97 Å². The highest BCUT2D eigenvalue weighted by atomic mass is 16.4. The highest BCUT2D eigenvalue weighted by Crippen LogP contribution is 2.25. The summed E-state index contributed by atoms with van der Waals surface area (Å²) in [6.45, 7) is 8.01. The van der Waals surface area contributed by atoms with E-state index in [1.54, 1.807) is 6.07 Å². The Labute approximate surface area is 141 Å². The lowest BCUT2D eigenvalue weighted by atomic mass is 10.1. The van der Waals surface area contributed by atoms with E-state index in [0.29, 0.717) is 5.69 Å². The van der Waals surface area contributed by atoms with Crippen molar-refractivity contribution in [3.8, 4) is 0 Å². The van der Waals surface area contributed by atoms with Gasteiger partial charge in [-0.1, -0.05) is 0 Å². The zero-order valence-corrected chi connectivity index (χ0v) is 14.3. The van der Waals surface area contributed by atoms with Crippen LogP contribution < -0.4 is 10.2 Å². The molecule has 128 valence electrons. The molecule has 1 heterocycles. The lowest BCUT2D eigenvalue weighted by molar-refractivity contribution is -0.138. The van der Waals surface area contributed by atoms with E-state index in [1.807, 2.05) is 25.1 Å². The first-order valence-corrected chi connectivity index (χ1v) is 8.12. The maximum Gasteiger partial charge on any atom is 0.303 e. The molecule has 2 aromatic rings. The second-order valence-corrected chi connectivity index (χ2v) is 5.64. The van der Waals surface area contributed by atoms with Crippen LogP contribution in [0.15, 0.2) is 24.3 Å². The molecule has 0 saturated carbocycles. The van der Waals surface area contributed by atoms with Gasteiger partial charge in [-0.3, -0.25) is 9.59 Å². The Kier molecular flexibility index (Phi) is 5.73. The van der Waals surface area contributed by atoms with Crippen LogP contribution >= 0.6 is 0 Å². The standard InChI is InChI=1S/C18H23N3O3/c1-4-21(5-2)16-10-12(3)14-11-13(6-7-15(14)20-16)19-17(22)8-9-18(23)24/h6-7,10-11H,4-5,8-9H2,1-3H3,(H,19,22)(H,23,24). The quantitative estimate of drug-likeness (QED) is 0.815. The number of carboxylic acid groups (broad SMARTS) is 1. The van der Waals surface area contributed by atoms with Gasteiger partial charge in [0.15, 0.2) is 0 Å². The van der Waals surface area contributed by atoms with Crippen LogP contribution in [0.25, 0.3) is 10.9 Å². The number of rotatable bonds is 7. The summed E-state index contributed by atoms with van der Waals surface area (Å²) in [5.41, 5.74) is 2.61. The number of amides is 1. The Balaban J connectivity index is 2.25. The molecule has 0 saturated heterocycles. The van der Waals surface area contributed by atoms with Crippen molar-refractivity contribution >= 4 is 34.3 Å². The molecule has 2 N–H and O–H groups in total. The van der Waals surface area contributed by atoms with Gasteiger partial charge >= 0.3 is 5.97 Å². The highest BCUT2D eigenvalue weighted by molar-refractivity contribution is 5.95. The summed E-state index contributed by atoms with van der Waals surface area (Å²) in [5.74, 6) is -0.335. The summed E-state index contributed by atoms with van der Waals surface area (Å²) in [6, 6.07) is 7.59. The first-order valence-electron chi connectivity index (χ1n) is 8.12. The Morgan fingerprint density at radius 3 is 2.50 bits per heavy atom. The first kappa shape index (κ1) is 17.7. The molecule has 6 heteroatoms. The fourth-order valence-corrected chi connectivity index (χ4v) is 2.61. The number of nitrogens with zero attached hydrogens (tertiary/aromatic N) is 2. The molecule has 0 spiro atoms. The molecule has 0 fully saturated rings. The molecule has 0 aliphatic rings. The van der Waals surface area contributed by atoms with Gasteiger partial charge in [-0.05, 0) is 50.6 Å². The van der Waals surface area contributed by atoms with Gasteiger partial charge in [0, 0.05) is 30.6 Å². The predicted octanol–water partition coefficient (Wildman–Crippen LogP) is 3.19. The van der Waals surface area contributed by atoms with E-state index in [2.05, 4.69) is 24.1 Å². The van der Waals surface area contributed by atoms with Crippen LogP contribution in [0.1, 0.15) is 32.3 Å². The van der Waals surface area contributed by atoms with Gasteiger partial charge < -0.3 is 15.3 Å². The minimum atomic E-state index is -0.979. The number of aliphatic carboxylic acids is 1. The highest BCUT2D eigenvalue weighted by Gasteiger charge is 2.10. The van der Waals surface area contributed by atoms with E-state index in [9.17, 15) is 9.59 Å². The van der Waals surface area contributed by atoms with Crippen molar-refractivity contribution in [3.05, 3.63) is 29.8 Å². The van der Waals surface area contributed by atoms with Crippen molar-refractivity contribution < 1.29 is 14.7 Å². The maximum atomic E-state index is 11.8. The van der Waals surface area contributed by atoms with Gasteiger partial charge in [-0.25, -0.2) is 4.98 Å². The number of carbonyl (C=O) groups is 2. The minimum absolute atomic E-state index is 0.0362. The molecule has 0 atom stereocenters.